The average Bonchev–Trinajstić information content (AvgIpc) is 2.45. The van der Waals surface area contributed by atoms with E-state index in [9.17, 15) is 14.0 Å². The van der Waals surface area contributed by atoms with Crippen LogP contribution in [0.4, 0.5) is 10.1 Å². The number of carbonyl (C=O) groups is 2. The van der Waals surface area contributed by atoms with E-state index in [1.54, 1.807) is 24.0 Å². The smallest absolute Gasteiger partial charge is 0.333 e. The van der Waals surface area contributed by atoms with Gasteiger partial charge in [0.25, 0.3) is 0 Å². The van der Waals surface area contributed by atoms with Crippen molar-refractivity contribution in [2.45, 2.75) is 19.8 Å². The number of halogens is 1. The summed E-state index contributed by atoms with van der Waals surface area (Å²) in [6, 6.07) is 4.38. The number of rotatable bonds is 3. The Morgan fingerprint density at radius 3 is 2.90 bits per heavy atom. The zero-order valence-corrected chi connectivity index (χ0v) is 11.5. The minimum absolute atomic E-state index is 0.0296. The van der Waals surface area contributed by atoms with Crippen molar-refractivity contribution in [2.75, 3.05) is 18.6 Å². The summed E-state index contributed by atoms with van der Waals surface area (Å²) >= 11 is 0. The summed E-state index contributed by atoms with van der Waals surface area (Å²) in [5, 5.41) is 0. The Kier molecular flexibility index (Phi) is 4.17. The standard InChI is InChI=1S/C15H16FNO3/c1-10(15(19)20-2)7-8-17-13-5-4-12(16)9-11(13)3-6-14(17)18/h4-5,7,9H,3,6,8H2,1-2H3. The Hall–Kier alpha value is -2.17. The number of hydrogen-bond donors (Lipinski definition) is 0. The van der Waals surface area contributed by atoms with Crippen LogP contribution in [0.15, 0.2) is 29.8 Å². The van der Waals surface area contributed by atoms with Gasteiger partial charge in [0.15, 0.2) is 0 Å². The molecule has 0 N–H and O–H groups in total. The summed E-state index contributed by atoms with van der Waals surface area (Å²) in [4.78, 5) is 24.9. The van der Waals surface area contributed by atoms with Crippen LogP contribution in [0.2, 0.25) is 0 Å². The molecule has 0 atom stereocenters. The van der Waals surface area contributed by atoms with Crippen molar-refractivity contribution in [1.29, 1.82) is 0 Å². The number of hydrogen-bond acceptors (Lipinski definition) is 3. The summed E-state index contributed by atoms with van der Waals surface area (Å²) in [6.07, 6.45) is 2.53. The fourth-order valence-electron chi connectivity index (χ4n) is 2.20. The first-order chi connectivity index (χ1) is 9.52. The lowest BCUT2D eigenvalue weighted by Crippen LogP contribution is -2.35. The van der Waals surface area contributed by atoms with Gasteiger partial charge in [0.2, 0.25) is 5.91 Å². The molecule has 1 aromatic rings. The fourth-order valence-corrected chi connectivity index (χ4v) is 2.20. The summed E-state index contributed by atoms with van der Waals surface area (Å²) in [5.74, 6) is -0.758. The van der Waals surface area contributed by atoms with Crippen LogP contribution < -0.4 is 4.90 Å². The number of anilines is 1. The Bertz CT molecular complexity index is 580. The maximum atomic E-state index is 13.2. The zero-order valence-electron chi connectivity index (χ0n) is 11.5. The molecule has 1 aliphatic heterocycles. The van der Waals surface area contributed by atoms with Gasteiger partial charge in [-0.05, 0) is 37.1 Å². The van der Waals surface area contributed by atoms with Crippen LogP contribution in [-0.4, -0.2) is 25.5 Å². The van der Waals surface area contributed by atoms with Crippen LogP contribution in [0.25, 0.3) is 0 Å². The molecular formula is C15H16FNO3. The van der Waals surface area contributed by atoms with Gasteiger partial charge in [-0.2, -0.15) is 0 Å². The van der Waals surface area contributed by atoms with Crippen LogP contribution in [0.1, 0.15) is 18.9 Å². The predicted molar refractivity (Wildman–Crippen MR) is 72.8 cm³/mol. The fraction of sp³-hybridized carbons (Fsp3) is 0.333. The number of aryl methyl sites for hydroxylation is 1. The SMILES string of the molecule is COC(=O)C(C)=CCN1C(=O)CCc2cc(F)ccc21. The molecule has 0 fully saturated rings. The van der Waals surface area contributed by atoms with Gasteiger partial charge in [-0.25, -0.2) is 9.18 Å². The second kappa shape index (κ2) is 5.86. The summed E-state index contributed by atoms with van der Waals surface area (Å²) in [6.45, 7) is 1.91. The van der Waals surface area contributed by atoms with E-state index in [-0.39, 0.29) is 18.3 Å². The average molecular weight is 277 g/mol. The molecular weight excluding hydrogens is 261 g/mol. The van der Waals surface area contributed by atoms with Crippen molar-refractivity contribution in [2.24, 2.45) is 0 Å². The number of nitrogens with zero attached hydrogens (tertiary/aromatic N) is 1. The lowest BCUT2D eigenvalue weighted by molar-refractivity contribution is -0.136. The van der Waals surface area contributed by atoms with Crippen molar-refractivity contribution in [3.63, 3.8) is 0 Å². The van der Waals surface area contributed by atoms with E-state index in [2.05, 4.69) is 4.74 Å². The van der Waals surface area contributed by atoms with Crippen LogP contribution in [-0.2, 0) is 20.7 Å². The topological polar surface area (TPSA) is 46.6 Å². The molecule has 0 saturated heterocycles. The third-order valence-electron chi connectivity index (χ3n) is 3.33. The molecule has 0 aliphatic carbocycles. The highest BCUT2D eigenvalue weighted by Gasteiger charge is 2.23. The number of benzene rings is 1. The monoisotopic (exact) mass is 277 g/mol. The van der Waals surface area contributed by atoms with Crippen LogP contribution >= 0.6 is 0 Å². The van der Waals surface area contributed by atoms with E-state index in [4.69, 9.17) is 0 Å². The van der Waals surface area contributed by atoms with Crippen LogP contribution in [0, 0.1) is 5.82 Å². The minimum atomic E-state index is -0.422. The quantitative estimate of drug-likeness (QED) is 0.628. The van der Waals surface area contributed by atoms with E-state index in [1.807, 2.05) is 0 Å². The van der Waals surface area contributed by atoms with E-state index in [1.165, 1.54) is 19.2 Å². The van der Waals surface area contributed by atoms with E-state index < -0.39 is 5.97 Å². The van der Waals surface area contributed by atoms with Crippen LogP contribution in [0.5, 0.6) is 0 Å². The third-order valence-corrected chi connectivity index (χ3v) is 3.33. The highest BCUT2D eigenvalue weighted by Crippen LogP contribution is 2.28. The first kappa shape index (κ1) is 14.2. The maximum Gasteiger partial charge on any atom is 0.333 e. The molecule has 0 bridgehead atoms. The number of esters is 1. The number of methoxy groups -OCH3 is 1. The van der Waals surface area contributed by atoms with Gasteiger partial charge in [-0.1, -0.05) is 6.08 Å². The summed E-state index contributed by atoms with van der Waals surface area (Å²) in [7, 11) is 1.31. The largest absolute Gasteiger partial charge is 0.466 e. The molecule has 0 saturated carbocycles. The number of carbonyl (C=O) groups excluding carboxylic acids is 2. The van der Waals surface area contributed by atoms with Gasteiger partial charge in [0, 0.05) is 24.2 Å². The molecule has 1 amide bonds. The van der Waals surface area contributed by atoms with Crippen molar-refractivity contribution >= 4 is 17.6 Å². The number of amides is 1. The molecule has 4 nitrogen and oxygen atoms in total. The van der Waals surface area contributed by atoms with Gasteiger partial charge in [0.1, 0.15) is 5.82 Å². The summed E-state index contributed by atoms with van der Waals surface area (Å²) < 4.78 is 17.8. The second-order valence-electron chi connectivity index (χ2n) is 4.66. The molecule has 2 rings (SSSR count). The predicted octanol–water partition coefficient (Wildman–Crippen LogP) is 2.22. The van der Waals surface area contributed by atoms with Gasteiger partial charge < -0.3 is 9.64 Å². The Morgan fingerprint density at radius 1 is 1.45 bits per heavy atom. The van der Waals surface area contributed by atoms with Gasteiger partial charge >= 0.3 is 5.97 Å². The van der Waals surface area contributed by atoms with E-state index >= 15 is 0 Å². The van der Waals surface area contributed by atoms with Gasteiger partial charge in [0.05, 0.1) is 7.11 Å². The molecule has 1 aliphatic rings. The summed E-state index contributed by atoms with van der Waals surface area (Å²) in [5.41, 5.74) is 1.96. The molecule has 1 heterocycles. The van der Waals surface area contributed by atoms with E-state index in [0.717, 1.165) is 5.56 Å². The zero-order chi connectivity index (χ0) is 14.7. The molecule has 20 heavy (non-hydrogen) atoms. The normalized spacial score (nSPS) is 15.1. The molecule has 0 aromatic heterocycles. The first-order valence-electron chi connectivity index (χ1n) is 6.37. The van der Waals surface area contributed by atoms with Crippen molar-refractivity contribution in [1.82, 2.24) is 0 Å². The van der Waals surface area contributed by atoms with Crippen molar-refractivity contribution in [3.05, 3.63) is 41.2 Å². The Labute approximate surface area is 116 Å². The number of fused-ring (bicyclic) bond motifs is 1. The van der Waals surface area contributed by atoms with Gasteiger partial charge in [-0.3, -0.25) is 4.79 Å². The third kappa shape index (κ3) is 2.87. The first-order valence-corrected chi connectivity index (χ1v) is 6.37. The molecule has 106 valence electrons. The second-order valence-corrected chi connectivity index (χ2v) is 4.66. The number of ether oxygens (including phenoxy) is 1. The lowest BCUT2D eigenvalue weighted by atomic mass is 10.0. The van der Waals surface area contributed by atoms with E-state index in [0.29, 0.717) is 24.1 Å². The minimum Gasteiger partial charge on any atom is -0.466 e. The van der Waals surface area contributed by atoms with Crippen molar-refractivity contribution in [3.8, 4) is 0 Å². The molecule has 0 spiro atoms. The molecule has 1 aromatic carbocycles. The molecule has 0 unspecified atom stereocenters. The lowest BCUT2D eigenvalue weighted by Gasteiger charge is -2.28. The Balaban J connectivity index is 2.24. The van der Waals surface area contributed by atoms with Crippen molar-refractivity contribution < 1.29 is 18.7 Å². The highest BCUT2D eigenvalue weighted by molar-refractivity contribution is 5.97. The highest BCUT2D eigenvalue weighted by atomic mass is 19.1. The molecule has 0 radical (unpaired) electrons. The maximum absolute atomic E-state index is 13.2. The Morgan fingerprint density at radius 2 is 2.20 bits per heavy atom. The van der Waals surface area contributed by atoms with Gasteiger partial charge in [-0.15, -0.1) is 0 Å². The van der Waals surface area contributed by atoms with Crippen LogP contribution in [0.3, 0.4) is 0 Å². The molecule has 5 heteroatoms.